The lowest BCUT2D eigenvalue weighted by Gasteiger charge is -2.35. The van der Waals surface area contributed by atoms with Gasteiger partial charge < -0.3 is 114 Å². The fourth-order valence-electron chi connectivity index (χ4n) is 13.4. The minimum absolute atomic E-state index is 0.0402. The van der Waals surface area contributed by atoms with Crippen molar-refractivity contribution in [2.75, 3.05) is 6.54 Å². The van der Waals surface area contributed by atoms with Gasteiger partial charge in [-0.3, -0.25) is 91.1 Å². The van der Waals surface area contributed by atoms with Crippen LogP contribution < -0.4 is 104 Å². The summed E-state index contributed by atoms with van der Waals surface area (Å²) in [7, 11) is 0. The third-order valence-electron chi connectivity index (χ3n) is 19.7. The number of aromatic nitrogens is 1. The Kier molecular flexibility index (Phi) is 38.2. The first-order valence-corrected chi connectivity index (χ1v) is 40.6. The first-order chi connectivity index (χ1) is 57.8. The Bertz CT molecular complexity index is 4780. The zero-order chi connectivity index (χ0) is 93.0. The molecule has 0 unspecified atom stereocenters. The van der Waals surface area contributed by atoms with E-state index in [-0.39, 0.29) is 55.7 Å². The van der Waals surface area contributed by atoms with Gasteiger partial charge >= 0.3 is 0 Å². The van der Waals surface area contributed by atoms with Crippen LogP contribution in [0.1, 0.15) is 154 Å². The van der Waals surface area contributed by atoms with E-state index in [9.17, 15) is 67.4 Å². The normalized spacial score (nSPS) is 14.8. The molecule has 0 spiro atoms. The van der Waals surface area contributed by atoms with Crippen molar-refractivity contribution in [2.45, 2.75) is 234 Å². The van der Waals surface area contributed by atoms with Crippen LogP contribution in [0.2, 0.25) is 0 Å². The number of aromatic amines is 1. The largest absolute Gasteiger partial charge is 0.391 e. The molecule has 0 saturated carbocycles. The van der Waals surface area contributed by atoms with Gasteiger partial charge in [0.25, 0.3) is 0 Å². The zero-order valence-corrected chi connectivity index (χ0v) is 72.3. The quantitative estimate of drug-likeness (QED) is 0.0131. The lowest BCUT2D eigenvalue weighted by atomic mass is 9.88. The highest BCUT2D eigenvalue weighted by Crippen LogP contribution is 2.26. The van der Waals surface area contributed by atoms with Gasteiger partial charge in [0.1, 0.15) is 72.0 Å². The van der Waals surface area contributed by atoms with E-state index < -0.39 is 245 Å². The lowest BCUT2D eigenvalue weighted by Crippen LogP contribution is -2.65. The number of aliphatic hydroxyl groups excluding tert-OH is 1. The van der Waals surface area contributed by atoms with Crippen LogP contribution in [0.3, 0.4) is 0 Å². The van der Waals surface area contributed by atoms with E-state index in [1.54, 1.807) is 74.5 Å². The summed E-state index contributed by atoms with van der Waals surface area (Å²) in [6, 6.07) is 5.32. The van der Waals surface area contributed by atoms with Gasteiger partial charge in [-0.1, -0.05) is 86.6 Å². The second-order valence-corrected chi connectivity index (χ2v) is 34.4. The van der Waals surface area contributed by atoms with Crippen molar-refractivity contribution in [2.24, 2.45) is 40.3 Å². The Balaban J connectivity index is 1.57. The van der Waals surface area contributed by atoms with Gasteiger partial charge in [0.2, 0.25) is 112 Å². The molecule has 0 aliphatic heterocycles. The van der Waals surface area contributed by atoms with Crippen LogP contribution in [0.5, 0.6) is 0 Å². The number of carbonyl (C=O) groups is 19. The summed E-state index contributed by atoms with van der Waals surface area (Å²) in [6.07, 6.45) is -5.23. The molecule has 0 saturated heterocycles. The number of fused-ring (bicyclic) bond motifs is 2. The van der Waals surface area contributed by atoms with Crippen molar-refractivity contribution in [3.05, 3.63) is 119 Å². The number of unbranched alkanes of at least 4 members (excludes halogenated alkanes) is 1. The highest BCUT2D eigenvalue weighted by atomic mass is 32.1. The number of nitrogens with one attached hydrogen (secondary N) is 14. The minimum Gasteiger partial charge on any atom is -0.391 e. The maximum Gasteiger partial charge on any atom is 0.248 e. The molecule has 674 valence electrons. The third kappa shape index (κ3) is 32.6. The highest BCUT2D eigenvalue weighted by Gasteiger charge is 2.44. The molecule has 5 rings (SSSR count). The topological polar surface area (TPSA) is 673 Å². The summed E-state index contributed by atoms with van der Waals surface area (Å²) in [5.74, 6) is -20.1. The highest BCUT2D eigenvalue weighted by molar-refractivity contribution is 7.82. The summed E-state index contributed by atoms with van der Waals surface area (Å²) in [6.45, 7) is 14.1. The van der Waals surface area contributed by atoms with Crippen molar-refractivity contribution >= 4 is 159 Å². The predicted molar refractivity (Wildman–Crippen MR) is 461 cm³/mol. The molecule has 5 aromatic rings. The number of H-pyrrole nitrogens is 1. The van der Waals surface area contributed by atoms with Gasteiger partial charge in [0, 0.05) is 78.2 Å². The van der Waals surface area contributed by atoms with Crippen LogP contribution in [-0.2, 0) is 106 Å². The number of thiol groups is 2. The Morgan fingerprint density at radius 3 is 1.43 bits per heavy atom. The van der Waals surface area contributed by atoms with Crippen molar-refractivity contribution in [1.29, 1.82) is 0 Å². The number of benzene rings is 4. The predicted octanol–water partition coefficient (Wildman–Crippen LogP) is -3.80. The number of carbonyl (C=O) groups excluding carboxylic acids is 19. The summed E-state index contributed by atoms with van der Waals surface area (Å²) in [5.41, 5.74) is 32.6. The van der Waals surface area contributed by atoms with E-state index in [0.29, 0.717) is 27.4 Å². The molecule has 27 N–H and O–H groups in total. The number of nitrogens with two attached hydrogens (primary N) is 6. The maximum atomic E-state index is 15.6. The molecule has 124 heavy (non-hydrogen) atoms. The third-order valence-corrected chi connectivity index (χ3v) is 20.2. The average Bonchev–Trinajstić information content (AvgIpc) is 1.68. The van der Waals surface area contributed by atoms with Gasteiger partial charge in [-0.05, 0) is 125 Å². The van der Waals surface area contributed by atoms with Gasteiger partial charge in [0.05, 0.1) is 25.4 Å². The van der Waals surface area contributed by atoms with Gasteiger partial charge in [-0.2, -0.15) is 25.3 Å². The van der Waals surface area contributed by atoms with Crippen molar-refractivity contribution < 1.29 is 96.2 Å². The average molecular weight is 1760 g/mol. The summed E-state index contributed by atoms with van der Waals surface area (Å²) in [4.78, 5) is 263. The minimum atomic E-state index is -2.03. The van der Waals surface area contributed by atoms with Crippen molar-refractivity contribution in [1.82, 2.24) is 74.1 Å². The standard InChI is InChI=1S/C82H114N20O20S2/c1-40(2)38-82(10,79(122)99-52(21-15-16-30-89-42(4)104)69(112)95-58(36-62(85)108)73(116)93-54(68(88)111)35-61(84)107)102-75(118)56(33-45-24-25-46-17-11-12-18-48(46)31-45)94-71(114)55(32-44-22-26-47(27-23-44)67(87)110)97-78(121)66(81(8,9)124)101-70(113)53(28-29-60(83)106)92-72(115)57(34-49-39-90-51-20-14-13-19-50(49)51)96-76(119)64(41(3)103)100-74(117)59(37-63(86)109)98-77(120)65(80(6,7)123)91-43(5)105/h11-14,17-20,22-27,31,39-41,52-59,64-66,90,103,123-124H,15-16,21,28-30,32-38H2,1-10H3,(H2,83,106)(H2,84,107)(H2,85,108)(H2,86,109)(H2,87,110)(H2,88,111)(H,89,104)(H,91,105)(H,92,115)(H,93,116)(H,94,114)(H,95,112)(H,96,119)(H,97,121)(H,98,120)(H,99,122)(H,100,117)(H,101,113)(H,102,118)/t41-,52+,53+,54+,55+,56+,57+,58+,59+,64+,65-,66-,82+/m1/s1. The number of aliphatic hydroxyl groups is 1. The Morgan fingerprint density at radius 2 is 0.887 bits per heavy atom. The van der Waals surface area contributed by atoms with E-state index >= 15 is 28.8 Å². The summed E-state index contributed by atoms with van der Waals surface area (Å²) < 4.78 is -2.92. The molecule has 0 fully saturated rings. The molecule has 0 aliphatic carbocycles. The Hall–Kier alpha value is -12.7. The Morgan fingerprint density at radius 1 is 0.435 bits per heavy atom. The number of rotatable bonds is 50. The second-order valence-electron chi connectivity index (χ2n) is 32.1. The van der Waals surface area contributed by atoms with Gasteiger partial charge in [0.15, 0.2) is 0 Å². The van der Waals surface area contributed by atoms with E-state index in [1.165, 1.54) is 72.0 Å². The number of primary amides is 6. The number of para-hydroxylation sites is 1. The molecule has 13 atom stereocenters. The molecular formula is C82H114N20O20S2. The molecule has 1 heterocycles. The molecular weight excluding hydrogens is 1650 g/mol. The lowest BCUT2D eigenvalue weighted by molar-refractivity contribution is -0.139. The van der Waals surface area contributed by atoms with Crippen molar-refractivity contribution in [3.8, 4) is 0 Å². The molecule has 42 heteroatoms. The number of hydrogen-bond acceptors (Lipinski definition) is 22. The molecule has 0 radical (unpaired) electrons. The Labute approximate surface area is 726 Å². The van der Waals surface area contributed by atoms with Gasteiger partial charge in [-0.25, -0.2) is 0 Å². The fraction of sp³-hybridized carbons (Fsp3) is 0.476. The van der Waals surface area contributed by atoms with Crippen LogP contribution in [0.4, 0.5) is 0 Å². The van der Waals surface area contributed by atoms with Crippen molar-refractivity contribution in [3.63, 3.8) is 0 Å². The van der Waals surface area contributed by atoms with E-state index in [1.807, 2.05) is 6.07 Å². The molecule has 40 nitrogen and oxygen atoms in total. The molecule has 1 aromatic heterocycles. The second kappa shape index (κ2) is 46.5. The maximum absolute atomic E-state index is 15.6. The monoisotopic (exact) mass is 1760 g/mol. The van der Waals surface area contributed by atoms with Crippen LogP contribution in [-0.4, -0.2) is 216 Å². The zero-order valence-electron chi connectivity index (χ0n) is 70.5. The molecule has 0 aliphatic rings. The first-order valence-electron chi connectivity index (χ1n) is 39.7. The van der Waals surface area contributed by atoms with E-state index in [0.717, 1.165) is 19.2 Å². The van der Waals surface area contributed by atoms with Crippen LogP contribution in [0.15, 0.2) is 97.2 Å². The fourth-order valence-corrected chi connectivity index (χ4v) is 13.7. The SMILES string of the molecule is CC(=O)NCCCC[C@H](NC(=O)[C@](C)(CC(C)C)NC(=O)[C@H](Cc1ccc2ccccc2c1)NC(=O)[C@H](Cc1ccc(C(N)=O)cc1)NC(=O)[C@@H](NC(=O)[C@H](CCC(N)=O)NC(=O)[C@H](Cc1c[nH]c2ccccc12)NC(=O)[C@@H](NC(=O)[C@H](CC(N)=O)NC(=O)[C@@H](NC(C)=O)C(C)(C)S)[C@@H](C)O)C(C)(C)S)C(=O)N[C@@H](CC(N)=O)C(=O)N[C@@H](CC(N)=O)C(N)=O. The molecule has 4 aromatic carbocycles. The van der Waals surface area contributed by atoms with Crippen LogP contribution >= 0.6 is 25.3 Å². The van der Waals surface area contributed by atoms with Crippen LogP contribution in [0, 0.1) is 5.92 Å². The molecule has 0 bridgehead atoms. The first kappa shape index (κ1) is 102. The molecule has 19 amide bonds. The van der Waals surface area contributed by atoms with Crippen LogP contribution in [0.25, 0.3) is 21.7 Å². The van der Waals surface area contributed by atoms with E-state index in [2.05, 4.69) is 86.7 Å². The summed E-state index contributed by atoms with van der Waals surface area (Å²) in [5, 5.41) is 45.8. The van der Waals surface area contributed by atoms with Gasteiger partial charge in [-0.15, -0.1) is 0 Å². The summed E-state index contributed by atoms with van der Waals surface area (Å²) >= 11 is 9.12. The van der Waals surface area contributed by atoms with E-state index in [4.69, 9.17) is 47.0 Å². The smallest absolute Gasteiger partial charge is 0.248 e. The number of amides is 19. The number of hydrogen-bond donors (Lipinski definition) is 23.